The maximum atomic E-state index is 3.81. The van der Waals surface area contributed by atoms with Gasteiger partial charge >= 0.3 is 0 Å². The molecule has 0 amide bonds. The molecule has 0 saturated carbocycles. The molecule has 1 aromatic carbocycles. The van der Waals surface area contributed by atoms with Gasteiger partial charge in [0.25, 0.3) is 0 Å². The topological polar surface area (TPSA) is 27.3 Å². The summed E-state index contributed by atoms with van der Waals surface area (Å²) in [6.45, 7) is 6.87. The van der Waals surface area contributed by atoms with E-state index in [2.05, 4.69) is 46.7 Å². The van der Waals surface area contributed by atoms with Crippen molar-refractivity contribution in [1.29, 1.82) is 0 Å². The van der Waals surface area contributed by atoms with Crippen LogP contribution in [0.1, 0.15) is 24.8 Å². The lowest BCUT2D eigenvalue weighted by atomic mass is 10.0. The molecule has 2 saturated heterocycles. The van der Waals surface area contributed by atoms with Crippen molar-refractivity contribution in [3.05, 3.63) is 29.8 Å². The number of rotatable bonds is 3. The van der Waals surface area contributed by atoms with Gasteiger partial charge in [-0.05, 0) is 50.4 Å². The lowest BCUT2D eigenvalue weighted by molar-refractivity contribution is 0.375. The summed E-state index contributed by atoms with van der Waals surface area (Å²) in [4.78, 5) is 2.53. The van der Waals surface area contributed by atoms with E-state index in [9.17, 15) is 0 Å². The summed E-state index contributed by atoms with van der Waals surface area (Å²) in [5.74, 6) is 0. The van der Waals surface area contributed by atoms with Gasteiger partial charge in [0.1, 0.15) is 0 Å². The van der Waals surface area contributed by atoms with E-state index in [0.29, 0.717) is 12.1 Å². The highest BCUT2D eigenvalue weighted by atomic mass is 35.5. The standard InChI is InChI=1S/C16H25N3.2ClH/c1-13-3-2-4-16(11-13)19-9-6-14(7-10-19)18-15-5-8-17-12-15;;/h2-4,11,14-15,17-18H,5-10,12H2,1H3;2*1H. The summed E-state index contributed by atoms with van der Waals surface area (Å²) in [5.41, 5.74) is 2.75. The third kappa shape index (κ3) is 5.03. The van der Waals surface area contributed by atoms with Gasteiger partial charge in [-0.1, -0.05) is 12.1 Å². The molecule has 3 rings (SSSR count). The van der Waals surface area contributed by atoms with Crippen LogP contribution in [0.3, 0.4) is 0 Å². The molecule has 5 heteroatoms. The lowest BCUT2D eigenvalue weighted by Gasteiger charge is -2.35. The molecule has 0 aromatic heterocycles. The van der Waals surface area contributed by atoms with E-state index in [-0.39, 0.29) is 24.8 Å². The third-order valence-electron chi connectivity index (χ3n) is 4.39. The number of aryl methyl sites for hydroxylation is 1. The largest absolute Gasteiger partial charge is 0.371 e. The van der Waals surface area contributed by atoms with Crippen molar-refractivity contribution in [1.82, 2.24) is 10.6 Å². The van der Waals surface area contributed by atoms with Gasteiger partial charge in [0, 0.05) is 37.4 Å². The highest BCUT2D eigenvalue weighted by Crippen LogP contribution is 2.21. The smallest absolute Gasteiger partial charge is 0.0368 e. The van der Waals surface area contributed by atoms with Crippen LogP contribution in [0, 0.1) is 6.92 Å². The van der Waals surface area contributed by atoms with Gasteiger partial charge in [-0.15, -0.1) is 24.8 Å². The molecular formula is C16H27Cl2N3. The average molecular weight is 332 g/mol. The molecule has 3 nitrogen and oxygen atoms in total. The molecule has 2 fully saturated rings. The van der Waals surface area contributed by atoms with E-state index in [1.807, 2.05) is 0 Å². The molecule has 2 N–H and O–H groups in total. The SMILES string of the molecule is Cc1cccc(N2CCC(NC3CCNC3)CC2)c1.Cl.Cl. The minimum Gasteiger partial charge on any atom is -0.371 e. The maximum absolute atomic E-state index is 3.81. The normalized spacial score (nSPS) is 22.5. The Balaban J connectivity index is 0.00000110. The Bertz CT molecular complexity index is 414. The predicted octanol–water partition coefficient (Wildman–Crippen LogP) is 2.76. The van der Waals surface area contributed by atoms with Crippen LogP contribution in [0.2, 0.25) is 0 Å². The minimum atomic E-state index is 0. The van der Waals surface area contributed by atoms with Crippen molar-refractivity contribution in [2.75, 3.05) is 31.1 Å². The molecule has 0 bridgehead atoms. The number of halogens is 2. The Kier molecular flexibility index (Phi) is 7.82. The molecule has 0 radical (unpaired) electrons. The second kappa shape index (κ2) is 8.84. The Morgan fingerprint density at radius 3 is 2.48 bits per heavy atom. The van der Waals surface area contributed by atoms with Gasteiger partial charge in [-0.2, -0.15) is 0 Å². The van der Waals surface area contributed by atoms with Crippen LogP contribution in [0.4, 0.5) is 5.69 Å². The van der Waals surface area contributed by atoms with Crippen molar-refractivity contribution >= 4 is 30.5 Å². The van der Waals surface area contributed by atoms with E-state index in [0.717, 1.165) is 6.54 Å². The number of nitrogens with zero attached hydrogens (tertiary/aromatic N) is 1. The number of benzene rings is 1. The summed E-state index contributed by atoms with van der Waals surface area (Å²) in [7, 11) is 0. The number of nitrogens with one attached hydrogen (secondary N) is 2. The monoisotopic (exact) mass is 331 g/mol. The molecule has 0 spiro atoms. The van der Waals surface area contributed by atoms with Crippen LogP contribution in [-0.2, 0) is 0 Å². The quantitative estimate of drug-likeness (QED) is 0.891. The van der Waals surface area contributed by atoms with Crippen LogP contribution in [0.15, 0.2) is 24.3 Å². The summed E-state index contributed by atoms with van der Waals surface area (Å²) in [5, 5.41) is 7.24. The highest BCUT2D eigenvalue weighted by molar-refractivity contribution is 5.85. The van der Waals surface area contributed by atoms with Crippen LogP contribution < -0.4 is 15.5 Å². The van der Waals surface area contributed by atoms with Gasteiger partial charge in [-0.3, -0.25) is 0 Å². The molecule has 2 heterocycles. The fraction of sp³-hybridized carbons (Fsp3) is 0.625. The number of hydrogen-bond donors (Lipinski definition) is 2. The van der Waals surface area contributed by atoms with Crippen LogP contribution >= 0.6 is 24.8 Å². The van der Waals surface area contributed by atoms with Crippen molar-refractivity contribution in [2.45, 2.75) is 38.3 Å². The molecule has 1 aromatic rings. The maximum Gasteiger partial charge on any atom is 0.0368 e. The fourth-order valence-electron chi connectivity index (χ4n) is 3.26. The Morgan fingerprint density at radius 1 is 1.10 bits per heavy atom. The Labute approximate surface area is 140 Å². The lowest BCUT2D eigenvalue weighted by Crippen LogP contribution is -2.46. The predicted molar refractivity (Wildman–Crippen MR) is 95.3 cm³/mol. The Morgan fingerprint density at radius 2 is 1.86 bits per heavy atom. The first kappa shape index (κ1) is 18.6. The van der Waals surface area contributed by atoms with Crippen LogP contribution in [0.5, 0.6) is 0 Å². The molecule has 0 aliphatic carbocycles. The molecule has 120 valence electrons. The molecule has 1 unspecified atom stereocenters. The zero-order valence-corrected chi connectivity index (χ0v) is 14.3. The zero-order valence-electron chi connectivity index (χ0n) is 12.7. The first-order valence-corrected chi connectivity index (χ1v) is 7.59. The number of anilines is 1. The van der Waals surface area contributed by atoms with E-state index >= 15 is 0 Å². The first-order valence-electron chi connectivity index (χ1n) is 7.59. The second-order valence-corrected chi connectivity index (χ2v) is 5.96. The molecule has 2 aliphatic rings. The molecule has 21 heavy (non-hydrogen) atoms. The summed E-state index contributed by atoms with van der Waals surface area (Å²) in [6.07, 6.45) is 3.83. The van der Waals surface area contributed by atoms with E-state index in [1.165, 1.54) is 50.1 Å². The zero-order chi connectivity index (χ0) is 13.1. The van der Waals surface area contributed by atoms with Gasteiger partial charge in [-0.25, -0.2) is 0 Å². The van der Waals surface area contributed by atoms with Crippen molar-refractivity contribution in [3.8, 4) is 0 Å². The van der Waals surface area contributed by atoms with Crippen LogP contribution in [-0.4, -0.2) is 38.3 Å². The molecular weight excluding hydrogens is 305 g/mol. The third-order valence-corrected chi connectivity index (χ3v) is 4.39. The molecule has 2 aliphatic heterocycles. The van der Waals surface area contributed by atoms with Gasteiger partial charge in [0.05, 0.1) is 0 Å². The van der Waals surface area contributed by atoms with Crippen molar-refractivity contribution in [2.24, 2.45) is 0 Å². The fourth-order valence-corrected chi connectivity index (χ4v) is 3.26. The number of piperidine rings is 1. The summed E-state index contributed by atoms with van der Waals surface area (Å²) >= 11 is 0. The number of hydrogen-bond acceptors (Lipinski definition) is 3. The van der Waals surface area contributed by atoms with Crippen molar-refractivity contribution < 1.29 is 0 Å². The highest BCUT2D eigenvalue weighted by Gasteiger charge is 2.23. The molecule has 1 atom stereocenters. The second-order valence-electron chi connectivity index (χ2n) is 5.96. The van der Waals surface area contributed by atoms with E-state index in [1.54, 1.807) is 0 Å². The van der Waals surface area contributed by atoms with Gasteiger partial charge in [0.2, 0.25) is 0 Å². The van der Waals surface area contributed by atoms with Crippen molar-refractivity contribution in [3.63, 3.8) is 0 Å². The minimum absolute atomic E-state index is 0. The van der Waals surface area contributed by atoms with E-state index in [4.69, 9.17) is 0 Å². The van der Waals surface area contributed by atoms with E-state index < -0.39 is 0 Å². The summed E-state index contributed by atoms with van der Waals surface area (Å²) < 4.78 is 0. The first-order chi connectivity index (χ1) is 9.31. The van der Waals surface area contributed by atoms with Crippen LogP contribution in [0.25, 0.3) is 0 Å². The van der Waals surface area contributed by atoms with Gasteiger partial charge in [0.15, 0.2) is 0 Å². The average Bonchev–Trinajstić information content (AvgIpc) is 2.92. The Hall–Kier alpha value is -0.480. The summed E-state index contributed by atoms with van der Waals surface area (Å²) in [6, 6.07) is 10.3. The van der Waals surface area contributed by atoms with Gasteiger partial charge < -0.3 is 15.5 Å².